The number of para-hydroxylation sites is 1. The molecule has 7 aromatic rings. The smallest absolute Gasteiger partial charge is 0.255 e. The molecule has 51 heavy (non-hydrogen) atoms. The molecule has 0 bridgehead atoms. The first kappa shape index (κ1) is 33.4. The lowest BCUT2D eigenvalue weighted by Gasteiger charge is -2.31. The first-order chi connectivity index (χ1) is 24.5. The minimum atomic E-state index is -4.00. The van der Waals surface area contributed by atoms with Crippen LogP contribution in [0.5, 0.6) is 5.75 Å². The van der Waals surface area contributed by atoms with Crippen molar-refractivity contribution in [3.8, 4) is 39.7 Å². The number of nitrogens with zero attached hydrogens (tertiary/aromatic N) is 3. The Labute approximate surface area is 291 Å². The molecule has 0 radical (unpaired) electrons. The number of methoxy groups -OCH3 is 1. The predicted molar refractivity (Wildman–Crippen MR) is 190 cm³/mol. The Hall–Kier alpha value is -6.08. The van der Waals surface area contributed by atoms with Crippen LogP contribution in [0.15, 0.2) is 106 Å². The summed E-state index contributed by atoms with van der Waals surface area (Å²) in [6.45, 7) is 1.74. The molecule has 1 unspecified atom stereocenters. The Kier molecular flexibility index (Phi) is 8.51. The highest BCUT2D eigenvalue weighted by Gasteiger charge is 2.31. The summed E-state index contributed by atoms with van der Waals surface area (Å²) in [5.41, 5.74) is 3.19. The molecule has 1 N–H and O–H groups in total. The predicted octanol–water partition coefficient (Wildman–Crippen LogP) is 8.14. The summed E-state index contributed by atoms with van der Waals surface area (Å²) in [5, 5.41) is 3.02. The van der Waals surface area contributed by atoms with Crippen LogP contribution in [0, 0.1) is 11.6 Å². The van der Waals surface area contributed by atoms with Crippen LogP contribution in [0.4, 0.5) is 14.5 Å². The molecule has 7 rings (SSSR count). The molecule has 0 aliphatic rings. The van der Waals surface area contributed by atoms with E-state index in [9.17, 15) is 22.0 Å². The van der Waals surface area contributed by atoms with Crippen LogP contribution in [0.25, 0.3) is 56.0 Å². The van der Waals surface area contributed by atoms with E-state index in [4.69, 9.17) is 13.6 Å². The Morgan fingerprint density at radius 1 is 0.922 bits per heavy atom. The van der Waals surface area contributed by atoms with Crippen LogP contribution < -0.4 is 14.4 Å². The van der Waals surface area contributed by atoms with Gasteiger partial charge in [0.25, 0.3) is 5.91 Å². The normalized spacial score (nSPS) is 12.3. The van der Waals surface area contributed by atoms with Crippen LogP contribution >= 0.6 is 0 Å². The largest absolute Gasteiger partial charge is 0.496 e. The number of sulfonamides is 1. The summed E-state index contributed by atoms with van der Waals surface area (Å²) >= 11 is 0. The van der Waals surface area contributed by atoms with Crippen molar-refractivity contribution in [3.05, 3.63) is 120 Å². The minimum absolute atomic E-state index is 0.0394. The molecule has 3 aromatic heterocycles. The van der Waals surface area contributed by atoms with Crippen LogP contribution in [-0.4, -0.2) is 44.7 Å². The average molecular weight is 709 g/mol. The molecule has 258 valence electrons. The number of carbonyl (C=O) groups excluding carboxylic acids is 1. The van der Waals surface area contributed by atoms with Gasteiger partial charge in [0.15, 0.2) is 11.4 Å². The number of amides is 1. The fraction of sp³-hybridized carbons (Fsp3) is 0.132. The summed E-state index contributed by atoms with van der Waals surface area (Å²) in [4.78, 5) is 22.1. The lowest BCUT2D eigenvalue weighted by atomic mass is 9.96. The van der Waals surface area contributed by atoms with Crippen LogP contribution in [0.1, 0.15) is 28.9 Å². The van der Waals surface area contributed by atoms with Gasteiger partial charge in [-0.05, 0) is 78.7 Å². The monoisotopic (exact) mass is 708 g/mol. The molecule has 0 aliphatic heterocycles. The number of fused-ring (bicyclic) bond motifs is 2. The molecule has 13 heteroatoms. The van der Waals surface area contributed by atoms with Crippen molar-refractivity contribution in [3.63, 3.8) is 0 Å². The van der Waals surface area contributed by atoms with E-state index in [2.05, 4.69) is 15.3 Å². The standard InChI is InChI=1S/C38H30F2N4O6S/c1-21(24-7-6-16-42-20-24)44(51(4,46)47)30-19-33-27(34(37(45)41-2)36(49-33)22-10-13-25(39)14-11-22)18-26(30)23-12-15-31(48-3)28(17-23)38-43-35-29(40)8-5-9-32(35)50-38/h5-21H,1-4H3,(H,41,45). The van der Waals surface area contributed by atoms with E-state index in [0.29, 0.717) is 39.0 Å². The molecule has 0 saturated heterocycles. The van der Waals surface area contributed by atoms with E-state index in [-0.39, 0.29) is 39.6 Å². The third-order valence-electron chi connectivity index (χ3n) is 8.59. The third kappa shape index (κ3) is 6.05. The third-order valence-corrected chi connectivity index (χ3v) is 9.82. The van der Waals surface area contributed by atoms with Gasteiger partial charge < -0.3 is 18.9 Å². The van der Waals surface area contributed by atoms with Gasteiger partial charge in [0.1, 0.15) is 28.4 Å². The molecular weight excluding hydrogens is 679 g/mol. The summed E-state index contributed by atoms with van der Waals surface area (Å²) in [5.74, 6) is -0.886. The number of furan rings is 1. The van der Waals surface area contributed by atoms with E-state index >= 15 is 0 Å². The van der Waals surface area contributed by atoms with E-state index < -0.39 is 33.6 Å². The van der Waals surface area contributed by atoms with Gasteiger partial charge in [0.05, 0.1) is 36.2 Å². The maximum atomic E-state index is 14.7. The summed E-state index contributed by atoms with van der Waals surface area (Å²) in [6, 6.07) is 21.0. The molecule has 0 aliphatic carbocycles. The number of hydrogen-bond acceptors (Lipinski definition) is 8. The number of hydrogen-bond donors (Lipinski definition) is 1. The van der Waals surface area contributed by atoms with Gasteiger partial charge in [-0.1, -0.05) is 18.2 Å². The zero-order valence-corrected chi connectivity index (χ0v) is 28.6. The number of pyridine rings is 1. The van der Waals surface area contributed by atoms with Gasteiger partial charge in [-0.3, -0.25) is 14.1 Å². The van der Waals surface area contributed by atoms with Crippen LogP contribution in [-0.2, 0) is 10.0 Å². The zero-order chi connectivity index (χ0) is 36.0. The molecule has 10 nitrogen and oxygen atoms in total. The molecule has 0 fully saturated rings. The maximum absolute atomic E-state index is 14.7. The van der Waals surface area contributed by atoms with Gasteiger partial charge >= 0.3 is 0 Å². The lowest BCUT2D eigenvalue weighted by molar-refractivity contribution is 0.0964. The van der Waals surface area contributed by atoms with Crippen molar-refractivity contribution in [2.45, 2.75) is 13.0 Å². The molecule has 0 spiro atoms. The van der Waals surface area contributed by atoms with E-state index in [0.717, 1.165) is 6.26 Å². The number of carbonyl (C=O) groups is 1. The van der Waals surface area contributed by atoms with E-state index in [1.54, 1.807) is 67.8 Å². The summed E-state index contributed by atoms with van der Waals surface area (Å²) in [6.07, 6.45) is 4.28. The summed E-state index contributed by atoms with van der Waals surface area (Å²) < 4.78 is 75.3. The average Bonchev–Trinajstić information content (AvgIpc) is 3.73. The minimum Gasteiger partial charge on any atom is -0.496 e. The Bertz CT molecular complexity index is 2550. The van der Waals surface area contributed by atoms with Crippen molar-refractivity contribution in [1.29, 1.82) is 0 Å². The van der Waals surface area contributed by atoms with Crippen molar-refractivity contribution >= 4 is 43.7 Å². The lowest BCUT2D eigenvalue weighted by Crippen LogP contribution is -2.33. The van der Waals surface area contributed by atoms with E-state index in [1.165, 1.54) is 54.9 Å². The Morgan fingerprint density at radius 3 is 2.35 bits per heavy atom. The molecule has 1 amide bonds. The second-order valence-corrected chi connectivity index (χ2v) is 13.7. The number of benzene rings is 4. The van der Waals surface area contributed by atoms with Crippen molar-refractivity contribution in [2.24, 2.45) is 0 Å². The Balaban J connectivity index is 1.54. The summed E-state index contributed by atoms with van der Waals surface area (Å²) in [7, 11) is -1.05. The number of ether oxygens (including phenoxy) is 1. The first-order valence-electron chi connectivity index (χ1n) is 15.7. The van der Waals surface area contributed by atoms with Crippen molar-refractivity contribution in [1.82, 2.24) is 15.3 Å². The second kappa shape index (κ2) is 13.0. The molecule has 3 heterocycles. The fourth-order valence-electron chi connectivity index (χ4n) is 6.21. The van der Waals surface area contributed by atoms with Gasteiger partial charge in [0, 0.05) is 42.0 Å². The van der Waals surface area contributed by atoms with Gasteiger partial charge in [-0.15, -0.1) is 0 Å². The van der Waals surface area contributed by atoms with Crippen molar-refractivity contribution in [2.75, 3.05) is 24.7 Å². The highest BCUT2D eigenvalue weighted by Crippen LogP contribution is 2.45. The SMILES string of the molecule is CNC(=O)c1c(-c2ccc(F)cc2)oc2cc(N(C(C)c3cccnc3)S(C)(=O)=O)c(-c3ccc(OC)c(-c4nc5c(F)cccc5o4)c3)cc12. The number of aromatic nitrogens is 2. The van der Waals surface area contributed by atoms with Crippen LogP contribution in [0.3, 0.4) is 0 Å². The van der Waals surface area contributed by atoms with Gasteiger partial charge in [-0.25, -0.2) is 22.2 Å². The maximum Gasteiger partial charge on any atom is 0.255 e. The second-order valence-electron chi connectivity index (χ2n) is 11.8. The van der Waals surface area contributed by atoms with Gasteiger partial charge in [-0.2, -0.15) is 0 Å². The highest BCUT2D eigenvalue weighted by atomic mass is 32.2. The number of nitrogens with one attached hydrogen (secondary N) is 1. The van der Waals surface area contributed by atoms with Crippen molar-refractivity contribution < 1.29 is 35.6 Å². The van der Waals surface area contributed by atoms with Gasteiger partial charge in [0.2, 0.25) is 15.9 Å². The fourth-order valence-corrected chi connectivity index (χ4v) is 7.41. The molecule has 1 atom stereocenters. The quantitative estimate of drug-likeness (QED) is 0.159. The highest BCUT2D eigenvalue weighted by molar-refractivity contribution is 7.92. The van der Waals surface area contributed by atoms with E-state index in [1.807, 2.05) is 0 Å². The number of rotatable bonds is 9. The number of oxazole rings is 1. The first-order valence-corrected chi connectivity index (χ1v) is 17.5. The number of halogens is 2. The Morgan fingerprint density at radius 2 is 1.69 bits per heavy atom. The molecule has 4 aromatic carbocycles. The van der Waals surface area contributed by atoms with Crippen LogP contribution in [0.2, 0.25) is 0 Å². The topological polar surface area (TPSA) is 128 Å². The molecule has 0 saturated carbocycles. The molecular formula is C38H30F2N4O6S. The number of anilines is 1. The zero-order valence-electron chi connectivity index (χ0n) is 27.8.